The summed E-state index contributed by atoms with van der Waals surface area (Å²) in [7, 11) is 0. The number of rotatable bonds is 7. The monoisotopic (exact) mass is 424 g/mol. The highest BCUT2D eigenvalue weighted by molar-refractivity contribution is 7.99. The van der Waals surface area contributed by atoms with Crippen LogP contribution >= 0.6 is 11.8 Å². The van der Waals surface area contributed by atoms with Crippen LogP contribution in [0.25, 0.3) is 11.0 Å². The number of nitrogens with zero attached hydrogens (tertiary/aromatic N) is 2. The molecule has 0 spiro atoms. The summed E-state index contributed by atoms with van der Waals surface area (Å²) in [6, 6.07) is 13.8. The predicted molar refractivity (Wildman–Crippen MR) is 122 cm³/mol. The summed E-state index contributed by atoms with van der Waals surface area (Å²) in [5, 5.41) is 9.47. The van der Waals surface area contributed by atoms with Crippen molar-refractivity contribution >= 4 is 28.8 Å². The Kier molecular flexibility index (Phi) is 5.78. The maximum absolute atomic E-state index is 13.6. The molecule has 6 heteroatoms. The molecule has 0 radical (unpaired) electrons. The molecule has 0 saturated heterocycles. The number of fused-ring (bicyclic) bond motifs is 2. The predicted octanol–water partition coefficient (Wildman–Crippen LogP) is 5.06. The number of carboxylic acids is 1. The van der Waals surface area contributed by atoms with E-state index in [1.807, 2.05) is 40.6 Å². The van der Waals surface area contributed by atoms with Gasteiger partial charge in [0.25, 0.3) is 0 Å². The molecule has 158 valence electrons. The van der Waals surface area contributed by atoms with Crippen molar-refractivity contribution in [2.75, 3.05) is 5.75 Å². The maximum Gasteiger partial charge on any atom is 0.329 e. The molecular formula is C24H28N2O3S. The second kappa shape index (κ2) is 8.34. The first-order chi connectivity index (χ1) is 14.4. The Bertz CT molecular complexity index is 1150. The van der Waals surface area contributed by atoms with Crippen LogP contribution in [-0.4, -0.2) is 26.0 Å². The molecule has 2 aromatic carbocycles. The van der Waals surface area contributed by atoms with Crippen LogP contribution in [0.3, 0.4) is 0 Å². The van der Waals surface area contributed by atoms with E-state index in [1.54, 1.807) is 4.57 Å². The lowest BCUT2D eigenvalue weighted by Crippen LogP contribution is -2.30. The molecule has 0 saturated carbocycles. The zero-order valence-electron chi connectivity index (χ0n) is 17.7. The number of aryl methyl sites for hydroxylation is 1. The summed E-state index contributed by atoms with van der Waals surface area (Å²) >= 11 is 1.85. The van der Waals surface area contributed by atoms with Gasteiger partial charge in [-0.3, -0.25) is 13.9 Å². The molecule has 1 aliphatic heterocycles. The average molecular weight is 425 g/mol. The Hall–Kier alpha value is -2.47. The second-order valence-electron chi connectivity index (χ2n) is 8.63. The van der Waals surface area contributed by atoms with Gasteiger partial charge in [0.15, 0.2) is 0 Å². The number of hydrogen-bond acceptors (Lipinski definition) is 3. The number of aromatic nitrogens is 2. The molecule has 2 atom stereocenters. The van der Waals surface area contributed by atoms with Gasteiger partial charge in [-0.2, -0.15) is 0 Å². The summed E-state index contributed by atoms with van der Waals surface area (Å²) in [4.78, 5) is 26.5. The van der Waals surface area contributed by atoms with E-state index in [1.165, 1.54) is 16.0 Å². The summed E-state index contributed by atoms with van der Waals surface area (Å²) in [5.74, 6) is 0.646. The molecule has 0 aliphatic carbocycles. The molecule has 0 amide bonds. The number of thioether (sulfide) groups is 1. The van der Waals surface area contributed by atoms with Gasteiger partial charge >= 0.3 is 11.7 Å². The Morgan fingerprint density at radius 1 is 1.17 bits per heavy atom. The minimum absolute atomic E-state index is 0.0483. The van der Waals surface area contributed by atoms with Crippen LogP contribution in [0.4, 0.5) is 0 Å². The number of hydrogen-bond donors (Lipinski definition) is 1. The van der Waals surface area contributed by atoms with Crippen molar-refractivity contribution in [1.82, 2.24) is 9.13 Å². The first kappa shape index (κ1) is 20.8. The third-order valence-electron chi connectivity index (χ3n) is 5.92. The van der Waals surface area contributed by atoms with Gasteiger partial charge < -0.3 is 5.11 Å². The lowest BCUT2D eigenvalue weighted by Gasteiger charge is -2.19. The van der Waals surface area contributed by atoms with E-state index < -0.39 is 5.97 Å². The maximum atomic E-state index is 13.6. The molecule has 0 fully saturated rings. The quantitative estimate of drug-likeness (QED) is 0.576. The van der Waals surface area contributed by atoms with Crippen molar-refractivity contribution < 1.29 is 9.90 Å². The van der Waals surface area contributed by atoms with Gasteiger partial charge in [0.2, 0.25) is 0 Å². The fraction of sp³-hybridized carbons (Fsp3) is 0.417. The smallest absolute Gasteiger partial charge is 0.329 e. The molecule has 30 heavy (non-hydrogen) atoms. The van der Waals surface area contributed by atoms with E-state index in [2.05, 4.69) is 39.0 Å². The highest BCUT2D eigenvalue weighted by atomic mass is 32.2. The van der Waals surface area contributed by atoms with Crippen LogP contribution in [0.5, 0.6) is 0 Å². The van der Waals surface area contributed by atoms with E-state index in [0.717, 1.165) is 16.8 Å². The second-order valence-corrected chi connectivity index (χ2v) is 9.69. The van der Waals surface area contributed by atoms with Crippen LogP contribution in [0, 0.1) is 12.8 Å². The van der Waals surface area contributed by atoms with Crippen LogP contribution in [0.2, 0.25) is 0 Å². The van der Waals surface area contributed by atoms with E-state index in [9.17, 15) is 14.7 Å². The summed E-state index contributed by atoms with van der Waals surface area (Å²) in [5.41, 5.74) is 4.22. The minimum Gasteiger partial charge on any atom is -0.481 e. The molecule has 2 unspecified atom stereocenters. The zero-order valence-corrected chi connectivity index (χ0v) is 18.5. The van der Waals surface area contributed by atoms with Crippen molar-refractivity contribution in [3.05, 3.63) is 64.1 Å². The Morgan fingerprint density at radius 3 is 2.60 bits per heavy atom. The van der Waals surface area contributed by atoms with Gasteiger partial charge in [0.05, 0.1) is 17.5 Å². The highest BCUT2D eigenvalue weighted by Crippen LogP contribution is 2.42. The number of aliphatic carboxylic acids is 1. The van der Waals surface area contributed by atoms with E-state index in [4.69, 9.17) is 0 Å². The van der Waals surface area contributed by atoms with Gasteiger partial charge in [-0.1, -0.05) is 38.1 Å². The zero-order chi connectivity index (χ0) is 21.4. The SMILES string of the molecule is Cc1cccc2c1C(Cn1c(=O)n(C(CC(=O)O)CC(C)C)c3ccccc31)CS2. The molecule has 5 nitrogen and oxygen atoms in total. The van der Waals surface area contributed by atoms with Crippen molar-refractivity contribution in [3.8, 4) is 0 Å². The average Bonchev–Trinajstić information content (AvgIpc) is 3.21. The minimum atomic E-state index is -0.874. The molecule has 1 aromatic heterocycles. The van der Waals surface area contributed by atoms with Crippen molar-refractivity contribution in [3.63, 3.8) is 0 Å². The first-order valence-corrected chi connectivity index (χ1v) is 11.5. The van der Waals surface area contributed by atoms with E-state index in [-0.39, 0.29) is 24.1 Å². The fourth-order valence-corrected chi connectivity index (χ4v) is 6.04. The van der Waals surface area contributed by atoms with Crippen molar-refractivity contribution in [2.24, 2.45) is 5.92 Å². The van der Waals surface area contributed by atoms with Gasteiger partial charge in [0, 0.05) is 29.2 Å². The number of benzene rings is 2. The molecule has 0 bridgehead atoms. The Morgan fingerprint density at radius 2 is 1.90 bits per heavy atom. The molecule has 3 aromatic rings. The van der Waals surface area contributed by atoms with Crippen molar-refractivity contribution in [1.29, 1.82) is 0 Å². The number of carbonyl (C=O) groups is 1. The third-order valence-corrected chi connectivity index (χ3v) is 7.16. The highest BCUT2D eigenvalue weighted by Gasteiger charge is 2.28. The molecule has 2 heterocycles. The van der Waals surface area contributed by atoms with Gasteiger partial charge in [-0.25, -0.2) is 4.79 Å². The summed E-state index contributed by atoms with van der Waals surface area (Å²) in [6.45, 7) is 6.87. The lowest BCUT2D eigenvalue weighted by atomic mass is 9.96. The lowest BCUT2D eigenvalue weighted by molar-refractivity contribution is -0.138. The number of imidazole rings is 1. The van der Waals surface area contributed by atoms with Crippen LogP contribution in [0.15, 0.2) is 52.2 Å². The van der Waals surface area contributed by atoms with Crippen molar-refractivity contribution in [2.45, 2.75) is 57.0 Å². The molecule has 4 rings (SSSR count). The molecular weight excluding hydrogens is 396 g/mol. The summed E-state index contributed by atoms with van der Waals surface area (Å²) in [6.07, 6.45) is 0.606. The number of para-hydroxylation sites is 2. The fourth-order valence-electron chi connectivity index (χ4n) is 4.73. The number of carboxylic acid groups (broad SMARTS) is 1. The van der Waals surface area contributed by atoms with Crippen LogP contribution in [-0.2, 0) is 11.3 Å². The molecule has 1 N–H and O–H groups in total. The largest absolute Gasteiger partial charge is 0.481 e. The van der Waals surface area contributed by atoms with Crippen LogP contribution < -0.4 is 5.69 Å². The standard InChI is InChI=1S/C24H28N2O3S/c1-15(2)11-18(12-22(27)28)26-20-9-5-4-8-19(20)25(24(26)29)13-17-14-30-21-10-6-7-16(3)23(17)21/h4-10,15,17-18H,11-14H2,1-3H3,(H,27,28). The van der Waals surface area contributed by atoms with E-state index >= 15 is 0 Å². The van der Waals surface area contributed by atoms with Gasteiger partial charge in [-0.15, -0.1) is 11.8 Å². The summed E-state index contributed by atoms with van der Waals surface area (Å²) < 4.78 is 3.58. The third kappa shape index (κ3) is 3.81. The van der Waals surface area contributed by atoms with Gasteiger partial charge in [0.1, 0.15) is 0 Å². The molecule has 1 aliphatic rings. The van der Waals surface area contributed by atoms with Crippen LogP contribution in [0.1, 0.15) is 49.8 Å². The Balaban J connectivity index is 1.80. The topological polar surface area (TPSA) is 64.2 Å². The normalized spacial score (nSPS) is 16.9. The van der Waals surface area contributed by atoms with E-state index in [0.29, 0.717) is 18.9 Å². The van der Waals surface area contributed by atoms with Gasteiger partial charge in [-0.05, 0) is 48.6 Å². The first-order valence-electron chi connectivity index (χ1n) is 10.5. The Labute approximate surface area is 180 Å².